The van der Waals surface area contributed by atoms with Gasteiger partial charge in [-0.25, -0.2) is 4.79 Å². The highest BCUT2D eigenvalue weighted by Gasteiger charge is 2.21. The number of rotatable bonds is 29. The molecule has 0 unspecified atom stereocenters. The van der Waals surface area contributed by atoms with Gasteiger partial charge in [-0.2, -0.15) is 0 Å². The number of hydrogen-bond donors (Lipinski definition) is 2. The van der Waals surface area contributed by atoms with Gasteiger partial charge in [-0.15, -0.1) is 0 Å². The molecular formula is C35H66O4. The fourth-order valence-corrected chi connectivity index (χ4v) is 5.83. The van der Waals surface area contributed by atoms with Crippen molar-refractivity contribution in [3.8, 4) is 0 Å². The fraction of sp³-hybridized carbons (Fsp3) is 0.914. The summed E-state index contributed by atoms with van der Waals surface area (Å²) in [6.45, 7) is 4.19. The monoisotopic (exact) mass is 550 g/mol. The number of ether oxygens (including phenoxy) is 1. The molecule has 4 heteroatoms. The van der Waals surface area contributed by atoms with Crippen molar-refractivity contribution in [1.82, 2.24) is 0 Å². The summed E-state index contributed by atoms with van der Waals surface area (Å²) in [5.74, 6) is -0.110. The van der Waals surface area contributed by atoms with Crippen molar-refractivity contribution in [3.63, 3.8) is 0 Å². The Labute approximate surface area is 242 Å². The highest BCUT2D eigenvalue weighted by molar-refractivity contribution is 5.90. The van der Waals surface area contributed by atoms with E-state index in [1.54, 1.807) is 0 Å². The molecular weight excluding hydrogens is 484 g/mol. The number of carbonyl (C=O) groups is 1. The number of esters is 1. The second-order valence-electron chi connectivity index (χ2n) is 12.4. The average Bonchev–Trinajstić information content (AvgIpc) is 3.25. The molecule has 0 aromatic heterocycles. The van der Waals surface area contributed by atoms with E-state index in [4.69, 9.17) is 4.74 Å². The van der Waals surface area contributed by atoms with E-state index < -0.39 is 12.2 Å². The van der Waals surface area contributed by atoms with Crippen LogP contribution in [0.25, 0.3) is 0 Å². The minimum absolute atomic E-state index is 0.0363. The Bertz CT molecular complexity index is 587. The smallest absolute Gasteiger partial charge is 0.334 e. The number of aliphatic hydroxyl groups is 2. The summed E-state index contributed by atoms with van der Waals surface area (Å²) in [5.41, 5.74) is 0.878. The zero-order chi connectivity index (χ0) is 28.4. The van der Waals surface area contributed by atoms with E-state index >= 15 is 0 Å². The van der Waals surface area contributed by atoms with Crippen molar-refractivity contribution in [2.45, 2.75) is 206 Å². The SMILES string of the molecule is CCCCCCCCCCCCCC[C@H](O)[C@H](O)CCCCCCCCCCCCCCC1=C[C@@H](C)OC1=O. The van der Waals surface area contributed by atoms with Crippen LogP contribution in [0.3, 0.4) is 0 Å². The summed E-state index contributed by atoms with van der Waals surface area (Å²) >= 11 is 0. The van der Waals surface area contributed by atoms with Crippen LogP contribution in [0, 0.1) is 0 Å². The molecule has 0 spiro atoms. The molecule has 230 valence electrons. The van der Waals surface area contributed by atoms with Gasteiger partial charge in [0.1, 0.15) is 6.10 Å². The predicted octanol–water partition coefficient (Wildman–Crippen LogP) is 10.1. The minimum Gasteiger partial charge on any atom is -0.455 e. The Kier molecular flexibility index (Phi) is 24.2. The van der Waals surface area contributed by atoms with Gasteiger partial charge >= 0.3 is 5.97 Å². The van der Waals surface area contributed by atoms with Crippen molar-refractivity contribution in [1.29, 1.82) is 0 Å². The maximum absolute atomic E-state index is 11.6. The van der Waals surface area contributed by atoms with Crippen molar-refractivity contribution in [3.05, 3.63) is 11.6 Å². The molecule has 1 aliphatic heterocycles. The van der Waals surface area contributed by atoms with E-state index in [2.05, 4.69) is 6.92 Å². The summed E-state index contributed by atoms with van der Waals surface area (Å²) < 4.78 is 5.14. The second-order valence-corrected chi connectivity index (χ2v) is 12.4. The van der Waals surface area contributed by atoms with E-state index in [0.717, 1.165) is 44.1 Å². The van der Waals surface area contributed by atoms with Gasteiger partial charge in [-0.05, 0) is 38.7 Å². The first-order valence-corrected chi connectivity index (χ1v) is 17.3. The van der Waals surface area contributed by atoms with Crippen molar-refractivity contribution in [2.24, 2.45) is 0 Å². The Morgan fingerprint density at radius 2 is 0.923 bits per heavy atom. The molecule has 4 nitrogen and oxygen atoms in total. The molecule has 0 bridgehead atoms. The van der Waals surface area contributed by atoms with Gasteiger partial charge in [-0.1, -0.05) is 155 Å². The lowest BCUT2D eigenvalue weighted by atomic mass is 9.99. The first-order valence-electron chi connectivity index (χ1n) is 17.3. The van der Waals surface area contributed by atoms with E-state index in [-0.39, 0.29) is 12.1 Å². The third kappa shape index (κ3) is 21.5. The van der Waals surface area contributed by atoms with E-state index in [1.807, 2.05) is 13.0 Å². The first kappa shape index (κ1) is 36.2. The molecule has 0 fully saturated rings. The van der Waals surface area contributed by atoms with Gasteiger partial charge in [0.05, 0.1) is 12.2 Å². The quantitative estimate of drug-likeness (QED) is 0.0718. The summed E-state index contributed by atoms with van der Waals surface area (Å²) in [5, 5.41) is 20.5. The zero-order valence-corrected chi connectivity index (χ0v) is 26.1. The molecule has 0 aromatic carbocycles. The molecule has 39 heavy (non-hydrogen) atoms. The summed E-state index contributed by atoms with van der Waals surface area (Å²) in [6.07, 6.45) is 34.1. The maximum atomic E-state index is 11.6. The van der Waals surface area contributed by atoms with Gasteiger partial charge in [0.25, 0.3) is 0 Å². The molecule has 1 rings (SSSR count). The molecule has 0 radical (unpaired) electrons. The minimum atomic E-state index is -0.537. The molecule has 0 aromatic rings. The standard InChI is InChI=1S/C35H66O4/c1-3-4-5-6-7-8-9-13-16-19-22-25-28-33(36)34(37)29-26-23-20-17-14-11-10-12-15-18-21-24-27-32-30-31(2)39-35(32)38/h30-31,33-34,36-37H,3-29H2,1-2H3/t31-,33+,34-/m1/s1. The van der Waals surface area contributed by atoms with Gasteiger partial charge in [0.2, 0.25) is 0 Å². The number of aliphatic hydroxyl groups excluding tert-OH is 2. The van der Waals surface area contributed by atoms with Crippen LogP contribution in [0.5, 0.6) is 0 Å². The van der Waals surface area contributed by atoms with Gasteiger partial charge < -0.3 is 14.9 Å². The van der Waals surface area contributed by atoms with E-state index in [0.29, 0.717) is 0 Å². The van der Waals surface area contributed by atoms with Crippen LogP contribution in [0.1, 0.15) is 187 Å². The Balaban J connectivity index is 1.77. The highest BCUT2D eigenvalue weighted by Crippen LogP contribution is 2.20. The van der Waals surface area contributed by atoms with Crippen molar-refractivity contribution in [2.75, 3.05) is 0 Å². The summed E-state index contributed by atoms with van der Waals surface area (Å²) in [4.78, 5) is 11.6. The van der Waals surface area contributed by atoms with Crippen LogP contribution in [-0.4, -0.2) is 34.5 Å². The van der Waals surface area contributed by atoms with Gasteiger partial charge in [0, 0.05) is 5.57 Å². The lowest BCUT2D eigenvalue weighted by molar-refractivity contribution is -0.139. The largest absolute Gasteiger partial charge is 0.455 e. The zero-order valence-electron chi connectivity index (χ0n) is 26.1. The highest BCUT2D eigenvalue weighted by atomic mass is 16.5. The Morgan fingerprint density at radius 3 is 1.26 bits per heavy atom. The third-order valence-corrected chi connectivity index (χ3v) is 8.48. The Morgan fingerprint density at radius 1 is 0.590 bits per heavy atom. The molecule has 0 saturated heterocycles. The fourth-order valence-electron chi connectivity index (χ4n) is 5.83. The molecule has 1 aliphatic rings. The predicted molar refractivity (Wildman–Crippen MR) is 166 cm³/mol. The van der Waals surface area contributed by atoms with Crippen LogP contribution >= 0.6 is 0 Å². The van der Waals surface area contributed by atoms with Crippen LogP contribution in [-0.2, 0) is 9.53 Å². The second kappa shape index (κ2) is 26.1. The van der Waals surface area contributed by atoms with Crippen LogP contribution < -0.4 is 0 Å². The summed E-state index contributed by atoms with van der Waals surface area (Å²) in [6, 6.07) is 0. The molecule has 1 heterocycles. The molecule has 0 amide bonds. The van der Waals surface area contributed by atoms with E-state index in [1.165, 1.54) is 135 Å². The third-order valence-electron chi connectivity index (χ3n) is 8.48. The summed E-state index contributed by atoms with van der Waals surface area (Å²) in [7, 11) is 0. The number of cyclic esters (lactones) is 1. The topological polar surface area (TPSA) is 66.8 Å². The number of hydrogen-bond acceptors (Lipinski definition) is 4. The van der Waals surface area contributed by atoms with Crippen LogP contribution in [0.15, 0.2) is 11.6 Å². The first-order chi connectivity index (χ1) is 19.0. The van der Waals surface area contributed by atoms with E-state index in [9.17, 15) is 15.0 Å². The van der Waals surface area contributed by atoms with Gasteiger partial charge in [0.15, 0.2) is 0 Å². The molecule has 2 N–H and O–H groups in total. The number of carbonyl (C=O) groups excluding carboxylic acids is 1. The van der Waals surface area contributed by atoms with Crippen molar-refractivity contribution < 1.29 is 19.7 Å². The Hall–Kier alpha value is -0.870. The number of unbranched alkanes of at least 4 members (excludes halogenated alkanes) is 22. The maximum Gasteiger partial charge on any atom is 0.334 e. The molecule has 3 atom stereocenters. The van der Waals surface area contributed by atoms with Gasteiger partial charge in [-0.3, -0.25) is 0 Å². The lowest BCUT2D eigenvalue weighted by Crippen LogP contribution is -2.25. The molecule has 0 saturated carbocycles. The van der Waals surface area contributed by atoms with Crippen LogP contribution in [0.2, 0.25) is 0 Å². The van der Waals surface area contributed by atoms with Crippen molar-refractivity contribution >= 4 is 5.97 Å². The average molecular weight is 551 g/mol. The lowest BCUT2D eigenvalue weighted by Gasteiger charge is -2.17. The van der Waals surface area contributed by atoms with Crippen LogP contribution in [0.4, 0.5) is 0 Å². The molecule has 0 aliphatic carbocycles. The normalized spacial score (nSPS) is 16.9.